The summed E-state index contributed by atoms with van der Waals surface area (Å²) in [6.45, 7) is 9.48. The molecule has 0 spiro atoms. The highest BCUT2D eigenvalue weighted by atomic mass is 16.6. The second kappa shape index (κ2) is 3.81. The van der Waals surface area contributed by atoms with Crippen molar-refractivity contribution >= 4 is 6.09 Å². The molecule has 1 atom stereocenters. The van der Waals surface area contributed by atoms with Crippen LogP contribution >= 0.6 is 0 Å². The van der Waals surface area contributed by atoms with Gasteiger partial charge in [0, 0.05) is 6.54 Å². The van der Waals surface area contributed by atoms with Gasteiger partial charge in [-0.2, -0.15) is 0 Å². The van der Waals surface area contributed by atoms with E-state index in [0.717, 1.165) is 0 Å². The maximum absolute atomic E-state index is 11.2. The lowest BCUT2D eigenvalue weighted by Gasteiger charge is -2.13. The Morgan fingerprint density at radius 2 is 2.15 bits per heavy atom. The predicted molar refractivity (Wildman–Crippen MR) is 51.6 cm³/mol. The van der Waals surface area contributed by atoms with Crippen LogP contribution in [0.3, 0.4) is 0 Å². The average molecular weight is 183 g/mol. The molecule has 13 heavy (non-hydrogen) atoms. The number of nitrogens with zero attached hydrogens (tertiary/aromatic N) is 1. The summed E-state index contributed by atoms with van der Waals surface area (Å²) in [5.41, 5.74) is 2.51. The van der Waals surface area contributed by atoms with E-state index in [4.69, 9.17) is 4.74 Å². The van der Waals surface area contributed by atoms with Crippen molar-refractivity contribution in [1.82, 2.24) is 4.90 Å². The summed E-state index contributed by atoms with van der Waals surface area (Å²) in [4.78, 5) is 13.0. The Hall–Kier alpha value is -0.990. The number of carbonyl (C=O) groups is 1. The highest BCUT2D eigenvalue weighted by Gasteiger charge is 2.27. The Morgan fingerprint density at radius 1 is 1.54 bits per heavy atom. The van der Waals surface area contributed by atoms with Gasteiger partial charge in [0.2, 0.25) is 0 Å². The smallest absolute Gasteiger partial charge is 0.410 e. The van der Waals surface area contributed by atoms with Crippen LogP contribution in [-0.2, 0) is 4.74 Å². The summed E-state index contributed by atoms with van der Waals surface area (Å²) < 4.78 is 5.02. The third kappa shape index (κ3) is 2.47. The number of rotatable bonds is 2. The summed E-state index contributed by atoms with van der Waals surface area (Å²) in [7, 11) is 0. The van der Waals surface area contributed by atoms with Crippen molar-refractivity contribution in [2.24, 2.45) is 0 Å². The first-order valence-corrected chi connectivity index (χ1v) is 4.59. The highest BCUT2D eigenvalue weighted by Crippen LogP contribution is 2.13. The maximum Gasteiger partial charge on any atom is 0.410 e. The molecule has 74 valence electrons. The molecule has 1 rings (SSSR count). The molecule has 0 aliphatic carbocycles. The number of amides is 1. The minimum absolute atomic E-state index is 0.0393. The molecule has 0 radical (unpaired) electrons. The molecule has 1 heterocycles. The Kier molecular flexibility index (Phi) is 2.96. The van der Waals surface area contributed by atoms with Crippen LogP contribution in [-0.4, -0.2) is 30.2 Å². The standard InChI is InChI=1S/C10H17NO2/c1-7(2)8(3)5-11-6-9(4)13-10(11)12/h9H,5-6H2,1-4H3/t9-/m1/s1. The summed E-state index contributed by atoms with van der Waals surface area (Å²) in [5.74, 6) is 0. The number of cyclic esters (lactones) is 1. The Labute approximate surface area is 79.4 Å². The molecule has 0 saturated carbocycles. The van der Waals surface area contributed by atoms with E-state index in [0.29, 0.717) is 13.1 Å². The van der Waals surface area contributed by atoms with Gasteiger partial charge in [0.05, 0.1) is 6.54 Å². The van der Waals surface area contributed by atoms with Gasteiger partial charge in [-0.3, -0.25) is 0 Å². The van der Waals surface area contributed by atoms with Crippen LogP contribution < -0.4 is 0 Å². The quantitative estimate of drug-likeness (QED) is 0.614. The minimum atomic E-state index is -0.187. The molecule has 0 aromatic heterocycles. The first-order chi connectivity index (χ1) is 6.00. The molecule has 0 unspecified atom stereocenters. The SMILES string of the molecule is CC(C)=C(C)CN1C[C@@H](C)OC1=O. The molecule has 1 amide bonds. The van der Waals surface area contributed by atoms with Gasteiger partial charge in [-0.25, -0.2) is 4.79 Å². The molecular weight excluding hydrogens is 166 g/mol. The van der Waals surface area contributed by atoms with Crippen molar-refractivity contribution in [2.75, 3.05) is 13.1 Å². The second-order valence-electron chi connectivity index (χ2n) is 3.86. The van der Waals surface area contributed by atoms with Crippen molar-refractivity contribution in [3.8, 4) is 0 Å². The first-order valence-electron chi connectivity index (χ1n) is 4.59. The first kappa shape index (κ1) is 10.1. The molecule has 3 heteroatoms. The summed E-state index contributed by atoms with van der Waals surface area (Å²) >= 11 is 0. The lowest BCUT2D eigenvalue weighted by molar-refractivity contribution is 0.139. The van der Waals surface area contributed by atoms with E-state index in [9.17, 15) is 4.79 Å². The monoisotopic (exact) mass is 183 g/mol. The molecule has 3 nitrogen and oxygen atoms in total. The normalized spacial score (nSPS) is 21.7. The lowest BCUT2D eigenvalue weighted by Crippen LogP contribution is -2.26. The van der Waals surface area contributed by atoms with Crippen LogP contribution in [0.4, 0.5) is 4.79 Å². The third-order valence-electron chi connectivity index (χ3n) is 2.32. The van der Waals surface area contributed by atoms with E-state index in [2.05, 4.69) is 13.8 Å². The second-order valence-corrected chi connectivity index (χ2v) is 3.86. The number of carbonyl (C=O) groups excluding carboxylic acids is 1. The molecule has 0 aromatic rings. The van der Waals surface area contributed by atoms with Gasteiger partial charge < -0.3 is 9.64 Å². The van der Waals surface area contributed by atoms with Crippen molar-refractivity contribution in [2.45, 2.75) is 33.8 Å². The Morgan fingerprint density at radius 3 is 2.54 bits per heavy atom. The summed E-state index contributed by atoms with van der Waals surface area (Å²) in [6.07, 6.45) is -0.148. The molecule has 1 saturated heterocycles. The number of hydrogen-bond acceptors (Lipinski definition) is 2. The molecule has 0 aromatic carbocycles. The fourth-order valence-electron chi connectivity index (χ4n) is 1.24. The van der Waals surface area contributed by atoms with Crippen molar-refractivity contribution in [3.63, 3.8) is 0 Å². The van der Waals surface area contributed by atoms with Crippen LogP contribution in [0.25, 0.3) is 0 Å². The van der Waals surface area contributed by atoms with E-state index in [1.807, 2.05) is 13.8 Å². The van der Waals surface area contributed by atoms with Gasteiger partial charge in [-0.1, -0.05) is 11.1 Å². The molecule has 1 fully saturated rings. The van der Waals surface area contributed by atoms with Gasteiger partial charge in [0.25, 0.3) is 0 Å². The van der Waals surface area contributed by atoms with E-state index >= 15 is 0 Å². The van der Waals surface area contributed by atoms with E-state index in [1.165, 1.54) is 11.1 Å². The van der Waals surface area contributed by atoms with Crippen LogP contribution in [0.5, 0.6) is 0 Å². The highest BCUT2D eigenvalue weighted by molar-refractivity contribution is 5.70. The zero-order valence-corrected chi connectivity index (χ0v) is 8.76. The minimum Gasteiger partial charge on any atom is -0.444 e. The van der Waals surface area contributed by atoms with Gasteiger partial charge >= 0.3 is 6.09 Å². The number of hydrogen-bond donors (Lipinski definition) is 0. The summed E-state index contributed by atoms with van der Waals surface area (Å²) in [5, 5.41) is 0. The molecule has 1 aliphatic heterocycles. The molecular formula is C10H17NO2. The van der Waals surface area contributed by atoms with E-state index in [-0.39, 0.29) is 12.2 Å². The Balaban J connectivity index is 2.56. The van der Waals surface area contributed by atoms with Gasteiger partial charge in [0.1, 0.15) is 6.10 Å². The van der Waals surface area contributed by atoms with Crippen LogP contribution in [0.1, 0.15) is 27.7 Å². The third-order valence-corrected chi connectivity index (χ3v) is 2.32. The number of ether oxygens (including phenoxy) is 1. The van der Waals surface area contributed by atoms with Crippen molar-refractivity contribution in [3.05, 3.63) is 11.1 Å². The zero-order chi connectivity index (χ0) is 10.0. The number of allylic oxidation sites excluding steroid dienone is 1. The fraction of sp³-hybridized carbons (Fsp3) is 0.700. The van der Waals surface area contributed by atoms with Crippen molar-refractivity contribution in [1.29, 1.82) is 0 Å². The van der Waals surface area contributed by atoms with Crippen LogP contribution in [0.15, 0.2) is 11.1 Å². The van der Waals surface area contributed by atoms with Crippen LogP contribution in [0.2, 0.25) is 0 Å². The largest absolute Gasteiger partial charge is 0.444 e. The van der Waals surface area contributed by atoms with E-state index in [1.54, 1.807) is 4.90 Å². The zero-order valence-electron chi connectivity index (χ0n) is 8.76. The predicted octanol–water partition coefficient (Wildman–Crippen LogP) is 2.18. The topological polar surface area (TPSA) is 29.5 Å². The maximum atomic E-state index is 11.2. The Bertz CT molecular complexity index is 241. The van der Waals surface area contributed by atoms with Gasteiger partial charge in [-0.15, -0.1) is 0 Å². The average Bonchev–Trinajstić information content (AvgIpc) is 2.30. The fourth-order valence-corrected chi connectivity index (χ4v) is 1.24. The van der Waals surface area contributed by atoms with Crippen molar-refractivity contribution < 1.29 is 9.53 Å². The van der Waals surface area contributed by atoms with E-state index < -0.39 is 0 Å². The summed E-state index contributed by atoms with van der Waals surface area (Å²) in [6, 6.07) is 0. The van der Waals surface area contributed by atoms with Gasteiger partial charge in [0.15, 0.2) is 0 Å². The molecule has 0 N–H and O–H groups in total. The lowest BCUT2D eigenvalue weighted by atomic mass is 10.1. The van der Waals surface area contributed by atoms with Crippen LogP contribution in [0, 0.1) is 0 Å². The molecule has 1 aliphatic rings. The van der Waals surface area contributed by atoms with Gasteiger partial charge in [-0.05, 0) is 27.7 Å². The molecule has 0 bridgehead atoms.